The zero-order chi connectivity index (χ0) is 20.1. The van der Waals surface area contributed by atoms with Crippen LogP contribution < -0.4 is 4.74 Å². The lowest BCUT2D eigenvalue weighted by molar-refractivity contribution is 0.0600. The number of carbonyl (C=O) groups is 2. The molecule has 0 bridgehead atoms. The smallest absolute Gasteiger partial charge is 0.337 e. The number of ether oxygens (including phenoxy) is 2. The lowest BCUT2D eigenvalue weighted by Gasteiger charge is -2.10. The summed E-state index contributed by atoms with van der Waals surface area (Å²) in [4.78, 5) is 24.1. The van der Waals surface area contributed by atoms with E-state index in [1.807, 2.05) is 38.1 Å². The molecule has 0 spiro atoms. The van der Waals surface area contributed by atoms with Crippen LogP contribution in [0.4, 0.5) is 0 Å². The summed E-state index contributed by atoms with van der Waals surface area (Å²) < 4.78 is 12.4. The van der Waals surface area contributed by atoms with Crippen molar-refractivity contribution in [3.05, 3.63) is 88.7 Å². The summed E-state index contributed by atoms with van der Waals surface area (Å²) in [7, 11) is 1.33. The molecule has 0 aliphatic rings. The van der Waals surface area contributed by atoms with Crippen molar-refractivity contribution in [1.82, 2.24) is 4.57 Å². The summed E-state index contributed by atoms with van der Waals surface area (Å²) in [6, 6.07) is 18.6. The monoisotopic (exact) mass is 377 g/mol. The highest BCUT2D eigenvalue weighted by molar-refractivity contribution is 5.98. The SMILES string of the molecule is COC(=O)c1ccc(OCC(=O)c2cc(C)n(Cc3ccccc3)c2C)cc1. The maximum Gasteiger partial charge on any atom is 0.337 e. The molecule has 1 heterocycles. The number of hydrogen-bond donors (Lipinski definition) is 0. The van der Waals surface area contributed by atoms with E-state index in [4.69, 9.17) is 4.74 Å². The van der Waals surface area contributed by atoms with Gasteiger partial charge in [0.15, 0.2) is 6.61 Å². The Labute approximate surface area is 164 Å². The predicted molar refractivity (Wildman–Crippen MR) is 107 cm³/mol. The third-order valence-corrected chi connectivity index (χ3v) is 4.70. The molecule has 28 heavy (non-hydrogen) atoms. The van der Waals surface area contributed by atoms with E-state index in [9.17, 15) is 9.59 Å². The average Bonchev–Trinajstić information content (AvgIpc) is 3.01. The van der Waals surface area contributed by atoms with Crippen LogP contribution in [0.3, 0.4) is 0 Å². The molecule has 3 aromatic rings. The van der Waals surface area contributed by atoms with E-state index in [-0.39, 0.29) is 12.4 Å². The normalized spacial score (nSPS) is 10.5. The molecule has 0 radical (unpaired) electrons. The summed E-state index contributed by atoms with van der Waals surface area (Å²) in [6.45, 7) is 4.61. The molecule has 5 heteroatoms. The second-order valence-electron chi connectivity index (χ2n) is 6.58. The minimum atomic E-state index is -0.409. The summed E-state index contributed by atoms with van der Waals surface area (Å²) in [5.74, 6) is 0.0389. The van der Waals surface area contributed by atoms with E-state index in [0.717, 1.165) is 17.9 Å². The standard InChI is InChI=1S/C23H23NO4/c1-16-13-21(17(2)24(16)14-18-7-5-4-6-8-18)22(25)15-28-20-11-9-19(10-12-20)23(26)27-3/h4-13H,14-15H2,1-3H3. The Hall–Kier alpha value is -3.34. The molecule has 0 saturated heterocycles. The Morgan fingerprint density at radius 1 is 0.964 bits per heavy atom. The van der Waals surface area contributed by atoms with Gasteiger partial charge < -0.3 is 14.0 Å². The zero-order valence-electron chi connectivity index (χ0n) is 16.3. The van der Waals surface area contributed by atoms with Crippen LogP contribution in [0.15, 0.2) is 60.7 Å². The first-order chi connectivity index (χ1) is 13.5. The first-order valence-electron chi connectivity index (χ1n) is 9.04. The molecule has 2 aromatic carbocycles. The molecule has 0 unspecified atom stereocenters. The predicted octanol–water partition coefficient (Wildman–Crippen LogP) is 4.20. The molecular formula is C23H23NO4. The fourth-order valence-corrected chi connectivity index (χ4v) is 3.12. The van der Waals surface area contributed by atoms with Gasteiger partial charge in [0.05, 0.1) is 12.7 Å². The second-order valence-corrected chi connectivity index (χ2v) is 6.58. The minimum Gasteiger partial charge on any atom is -0.485 e. The summed E-state index contributed by atoms with van der Waals surface area (Å²) >= 11 is 0. The first kappa shape index (κ1) is 19.4. The van der Waals surface area contributed by atoms with Crippen molar-refractivity contribution in [2.24, 2.45) is 0 Å². The largest absolute Gasteiger partial charge is 0.485 e. The van der Waals surface area contributed by atoms with Crippen LogP contribution in [0.25, 0.3) is 0 Å². The van der Waals surface area contributed by atoms with Crippen molar-refractivity contribution < 1.29 is 19.1 Å². The Morgan fingerprint density at radius 3 is 2.29 bits per heavy atom. The molecule has 0 fully saturated rings. The Morgan fingerprint density at radius 2 is 1.64 bits per heavy atom. The van der Waals surface area contributed by atoms with Crippen LogP contribution in [0.2, 0.25) is 0 Å². The highest BCUT2D eigenvalue weighted by Gasteiger charge is 2.16. The lowest BCUT2D eigenvalue weighted by Crippen LogP contribution is -2.13. The third kappa shape index (κ3) is 4.31. The number of aryl methyl sites for hydroxylation is 1. The molecule has 0 N–H and O–H groups in total. The van der Waals surface area contributed by atoms with Crippen LogP contribution >= 0.6 is 0 Å². The first-order valence-corrected chi connectivity index (χ1v) is 9.04. The van der Waals surface area contributed by atoms with Gasteiger partial charge in [0.2, 0.25) is 5.78 Å². The topological polar surface area (TPSA) is 57.5 Å². The molecule has 0 atom stereocenters. The van der Waals surface area contributed by atoms with Gasteiger partial charge in [-0.1, -0.05) is 30.3 Å². The van der Waals surface area contributed by atoms with Crippen molar-refractivity contribution in [3.63, 3.8) is 0 Å². The van der Waals surface area contributed by atoms with Crippen LogP contribution in [-0.2, 0) is 11.3 Å². The maximum absolute atomic E-state index is 12.7. The van der Waals surface area contributed by atoms with E-state index < -0.39 is 5.97 Å². The molecule has 0 aliphatic heterocycles. The number of hydrogen-bond acceptors (Lipinski definition) is 4. The number of nitrogens with zero attached hydrogens (tertiary/aromatic N) is 1. The van der Waals surface area contributed by atoms with Crippen LogP contribution in [0, 0.1) is 13.8 Å². The zero-order valence-corrected chi connectivity index (χ0v) is 16.3. The Kier molecular flexibility index (Phi) is 5.94. The number of methoxy groups -OCH3 is 1. The highest BCUT2D eigenvalue weighted by atomic mass is 16.5. The van der Waals surface area contributed by atoms with Crippen LogP contribution in [0.1, 0.15) is 37.7 Å². The minimum absolute atomic E-state index is 0.0623. The lowest BCUT2D eigenvalue weighted by atomic mass is 10.1. The van der Waals surface area contributed by atoms with Gasteiger partial charge in [-0.25, -0.2) is 4.79 Å². The number of ketones is 1. The molecule has 144 valence electrons. The van der Waals surface area contributed by atoms with Gasteiger partial charge in [0.1, 0.15) is 5.75 Å². The van der Waals surface area contributed by atoms with Gasteiger partial charge >= 0.3 is 5.97 Å². The number of Topliss-reactive ketones (excluding diaryl/α,β-unsaturated/α-hetero) is 1. The molecule has 5 nitrogen and oxygen atoms in total. The molecular weight excluding hydrogens is 354 g/mol. The van der Waals surface area contributed by atoms with Crippen molar-refractivity contribution in [2.75, 3.05) is 13.7 Å². The fourth-order valence-electron chi connectivity index (χ4n) is 3.12. The van der Waals surface area contributed by atoms with E-state index in [0.29, 0.717) is 16.9 Å². The Balaban J connectivity index is 1.68. The molecule has 3 rings (SSSR count). The van der Waals surface area contributed by atoms with Gasteiger partial charge in [0, 0.05) is 23.5 Å². The van der Waals surface area contributed by atoms with Gasteiger partial charge in [-0.05, 0) is 49.7 Å². The van der Waals surface area contributed by atoms with Gasteiger partial charge in [-0.3, -0.25) is 4.79 Å². The fraction of sp³-hybridized carbons (Fsp3) is 0.217. The number of benzene rings is 2. The summed E-state index contributed by atoms with van der Waals surface area (Å²) in [5.41, 5.74) is 4.25. The van der Waals surface area contributed by atoms with Gasteiger partial charge in [-0.2, -0.15) is 0 Å². The number of carbonyl (C=O) groups excluding carboxylic acids is 2. The molecule has 0 amide bonds. The third-order valence-electron chi connectivity index (χ3n) is 4.70. The van der Waals surface area contributed by atoms with Crippen molar-refractivity contribution >= 4 is 11.8 Å². The van der Waals surface area contributed by atoms with Crippen LogP contribution in [-0.4, -0.2) is 30.0 Å². The van der Waals surface area contributed by atoms with Crippen molar-refractivity contribution in [1.29, 1.82) is 0 Å². The van der Waals surface area contributed by atoms with E-state index in [2.05, 4.69) is 21.4 Å². The van der Waals surface area contributed by atoms with Crippen molar-refractivity contribution in [3.8, 4) is 5.75 Å². The quantitative estimate of drug-likeness (QED) is 0.457. The number of aromatic nitrogens is 1. The highest BCUT2D eigenvalue weighted by Crippen LogP contribution is 2.19. The van der Waals surface area contributed by atoms with E-state index >= 15 is 0 Å². The molecule has 1 aromatic heterocycles. The van der Waals surface area contributed by atoms with E-state index in [1.54, 1.807) is 24.3 Å². The van der Waals surface area contributed by atoms with Crippen molar-refractivity contribution in [2.45, 2.75) is 20.4 Å². The second kappa shape index (κ2) is 8.57. The average molecular weight is 377 g/mol. The maximum atomic E-state index is 12.7. The van der Waals surface area contributed by atoms with Gasteiger partial charge in [0.25, 0.3) is 0 Å². The molecule has 0 aliphatic carbocycles. The summed E-state index contributed by atoms with van der Waals surface area (Å²) in [5, 5.41) is 0. The van der Waals surface area contributed by atoms with E-state index in [1.165, 1.54) is 12.7 Å². The number of rotatable bonds is 7. The Bertz CT molecular complexity index is 972. The summed E-state index contributed by atoms with van der Waals surface area (Å²) in [6.07, 6.45) is 0. The number of esters is 1. The molecule has 0 saturated carbocycles. The van der Waals surface area contributed by atoms with Gasteiger partial charge in [-0.15, -0.1) is 0 Å². The van der Waals surface area contributed by atoms with Crippen LogP contribution in [0.5, 0.6) is 5.75 Å².